The summed E-state index contributed by atoms with van der Waals surface area (Å²) in [6.45, 7) is 2.87. The second-order valence-corrected chi connectivity index (χ2v) is 3.59. The van der Waals surface area contributed by atoms with Gasteiger partial charge in [-0.1, -0.05) is 20.3 Å². The van der Waals surface area contributed by atoms with Crippen molar-refractivity contribution in [1.82, 2.24) is 0 Å². The third-order valence-corrected chi connectivity index (χ3v) is 1.95. The van der Waals surface area contributed by atoms with Gasteiger partial charge in [-0.2, -0.15) is 26.3 Å². The number of rotatable bonds is 4. The molecule has 8 heteroatoms. The average molecular weight is 266 g/mol. The SMILES string of the molecule is CCCC(C)C(=O)OC(C(F)(F)F)C(F)(F)F. The smallest absolute Gasteiger partial charge is 0.434 e. The van der Waals surface area contributed by atoms with Crippen molar-refractivity contribution in [3.8, 4) is 0 Å². The molecule has 0 N–H and O–H groups in total. The monoisotopic (exact) mass is 266 g/mol. The van der Waals surface area contributed by atoms with Crippen LogP contribution in [0.25, 0.3) is 0 Å². The molecule has 0 aliphatic carbocycles. The first kappa shape index (κ1) is 16.1. The van der Waals surface area contributed by atoms with Crippen molar-refractivity contribution in [2.24, 2.45) is 5.92 Å². The van der Waals surface area contributed by atoms with Gasteiger partial charge in [0.05, 0.1) is 5.92 Å². The fourth-order valence-electron chi connectivity index (χ4n) is 1.10. The zero-order chi connectivity index (χ0) is 13.9. The molecule has 0 fully saturated rings. The Kier molecular flexibility index (Phi) is 5.28. The van der Waals surface area contributed by atoms with Crippen LogP contribution < -0.4 is 0 Å². The zero-order valence-electron chi connectivity index (χ0n) is 9.15. The fourth-order valence-corrected chi connectivity index (χ4v) is 1.10. The van der Waals surface area contributed by atoms with Crippen molar-refractivity contribution in [2.75, 3.05) is 0 Å². The van der Waals surface area contributed by atoms with Crippen LogP contribution in [0, 0.1) is 5.92 Å². The van der Waals surface area contributed by atoms with Crippen molar-refractivity contribution in [1.29, 1.82) is 0 Å². The molecule has 0 amide bonds. The summed E-state index contributed by atoms with van der Waals surface area (Å²) in [5.41, 5.74) is 0. The van der Waals surface area contributed by atoms with Crippen molar-refractivity contribution in [3.05, 3.63) is 0 Å². The Bertz CT molecular complexity index is 243. The Balaban J connectivity index is 4.73. The van der Waals surface area contributed by atoms with Crippen LogP contribution >= 0.6 is 0 Å². The van der Waals surface area contributed by atoms with Gasteiger partial charge >= 0.3 is 18.3 Å². The van der Waals surface area contributed by atoms with Gasteiger partial charge in [0.15, 0.2) is 0 Å². The van der Waals surface area contributed by atoms with E-state index in [2.05, 4.69) is 4.74 Å². The lowest BCUT2D eigenvalue weighted by Gasteiger charge is -2.24. The summed E-state index contributed by atoms with van der Waals surface area (Å²) in [6, 6.07) is 0. The van der Waals surface area contributed by atoms with E-state index < -0.39 is 30.3 Å². The summed E-state index contributed by atoms with van der Waals surface area (Å²) in [5, 5.41) is 0. The molecule has 17 heavy (non-hydrogen) atoms. The molecule has 0 saturated heterocycles. The van der Waals surface area contributed by atoms with Gasteiger partial charge in [0.2, 0.25) is 0 Å². The molecule has 0 aliphatic rings. The minimum atomic E-state index is -5.65. The Morgan fingerprint density at radius 3 is 1.82 bits per heavy atom. The molecular formula is C9H12F6O2. The van der Waals surface area contributed by atoms with E-state index in [0.29, 0.717) is 6.42 Å². The van der Waals surface area contributed by atoms with E-state index in [9.17, 15) is 31.1 Å². The van der Waals surface area contributed by atoms with Gasteiger partial charge in [-0.15, -0.1) is 0 Å². The highest BCUT2D eigenvalue weighted by atomic mass is 19.4. The van der Waals surface area contributed by atoms with Gasteiger partial charge in [0.1, 0.15) is 0 Å². The molecule has 0 spiro atoms. The first-order chi connectivity index (χ1) is 7.50. The number of alkyl halides is 6. The molecule has 0 aliphatic heterocycles. The molecule has 0 aromatic carbocycles. The molecule has 0 heterocycles. The lowest BCUT2D eigenvalue weighted by Crippen LogP contribution is -2.46. The molecule has 2 nitrogen and oxygen atoms in total. The highest BCUT2D eigenvalue weighted by Crippen LogP contribution is 2.36. The van der Waals surface area contributed by atoms with E-state index in [1.807, 2.05) is 0 Å². The van der Waals surface area contributed by atoms with Crippen LogP contribution in [-0.4, -0.2) is 24.4 Å². The summed E-state index contributed by atoms with van der Waals surface area (Å²) >= 11 is 0. The zero-order valence-corrected chi connectivity index (χ0v) is 9.15. The van der Waals surface area contributed by atoms with Gasteiger partial charge in [-0.05, 0) is 6.42 Å². The number of carbonyl (C=O) groups excluding carboxylic acids is 1. The van der Waals surface area contributed by atoms with E-state index in [4.69, 9.17) is 0 Å². The molecular weight excluding hydrogens is 254 g/mol. The molecule has 0 rings (SSSR count). The molecule has 0 saturated carbocycles. The summed E-state index contributed by atoms with van der Waals surface area (Å²) in [7, 11) is 0. The molecule has 1 unspecified atom stereocenters. The first-order valence-electron chi connectivity index (χ1n) is 4.84. The van der Waals surface area contributed by atoms with Crippen LogP contribution in [-0.2, 0) is 9.53 Å². The Hall–Kier alpha value is -0.950. The van der Waals surface area contributed by atoms with Crippen LogP contribution in [0.1, 0.15) is 26.7 Å². The van der Waals surface area contributed by atoms with Crippen LogP contribution in [0.15, 0.2) is 0 Å². The van der Waals surface area contributed by atoms with E-state index in [-0.39, 0.29) is 6.42 Å². The van der Waals surface area contributed by atoms with Crippen molar-refractivity contribution in [2.45, 2.75) is 45.1 Å². The second kappa shape index (κ2) is 5.59. The lowest BCUT2D eigenvalue weighted by atomic mass is 10.1. The maximum absolute atomic E-state index is 12.0. The summed E-state index contributed by atoms with van der Waals surface area (Å²) < 4.78 is 75.7. The van der Waals surface area contributed by atoms with E-state index in [1.165, 1.54) is 6.92 Å². The van der Waals surface area contributed by atoms with Crippen molar-refractivity contribution < 1.29 is 35.9 Å². The van der Waals surface area contributed by atoms with Gasteiger partial charge in [0, 0.05) is 0 Å². The standard InChI is InChI=1S/C9H12F6O2/c1-3-4-5(2)6(16)17-7(8(10,11)12)9(13,14)15/h5,7H,3-4H2,1-2H3. The minimum absolute atomic E-state index is 0.168. The molecule has 102 valence electrons. The third kappa shape index (κ3) is 5.27. The Morgan fingerprint density at radius 2 is 1.53 bits per heavy atom. The topological polar surface area (TPSA) is 26.3 Å². The molecule has 0 aromatic rings. The van der Waals surface area contributed by atoms with E-state index in [0.717, 1.165) is 0 Å². The van der Waals surface area contributed by atoms with Crippen molar-refractivity contribution >= 4 is 5.97 Å². The predicted molar refractivity (Wildman–Crippen MR) is 46.1 cm³/mol. The van der Waals surface area contributed by atoms with Gasteiger partial charge in [-0.25, -0.2) is 0 Å². The molecule has 1 atom stereocenters. The van der Waals surface area contributed by atoms with Gasteiger partial charge < -0.3 is 4.74 Å². The average Bonchev–Trinajstić information content (AvgIpc) is 2.10. The lowest BCUT2D eigenvalue weighted by molar-refractivity contribution is -0.314. The second-order valence-electron chi connectivity index (χ2n) is 3.59. The highest BCUT2D eigenvalue weighted by molar-refractivity contribution is 5.72. The number of hydrogen-bond donors (Lipinski definition) is 0. The van der Waals surface area contributed by atoms with Crippen LogP contribution in [0.4, 0.5) is 26.3 Å². The first-order valence-corrected chi connectivity index (χ1v) is 4.84. The number of carbonyl (C=O) groups is 1. The minimum Gasteiger partial charge on any atom is -0.443 e. The predicted octanol–water partition coefficient (Wildman–Crippen LogP) is 3.46. The molecule has 0 radical (unpaired) electrons. The van der Waals surface area contributed by atoms with Gasteiger partial charge in [-0.3, -0.25) is 4.79 Å². The van der Waals surface area contributed by atoms with Crippen LogP contribution in [0.2, 0.25) is 0 Å². The normalized spacial score (nSPS) is 14.9. The number of hydrogen-bond acceptors (Lipinski definition) is 2. The Morgan fingerprint density at radius 1 is 1.12 bits per heavy atom. The van der Waals surface area contributed by atoms with Gasteiger partial charge in [0.25, 0.3) is 6.10 Å². The quantitative estimate of drug-likeness (QED) is 0.575. The fraction of sp³-hybridized carbons (Fsp3) is 0.889. The van der Waals surface area contributed by atoms with Crippen molar-refractivity contribution in [3.63, 3.8) is 0 Å². The third-order valence-electron chi connectivity index (χ3n) is 1.95. The number of halogens is 6. The summed E-state index contributed by atoms with van der Waals surface area (Å²) in [5.74, 6) is -2.49. The van der Waals surface area contributed by atoms with E-state index in [1.54, 1.807) is 6.92 Å². The van der Waals surface area contributed by atoms with Crippen LogP contribution in [0.5, 0.6) is 0 Å². The maximum atomic E-state index is 12.0. The number of esters is 1. The molecule has 0 bridgehead atoms. The maximum Gasteiger partial charge on any atom is 0.434 e. The summed E-state index contributed by atoms with van der Waals surface area (Å²) in [4.78, 5) is 11.0. The highest BCUT2D eigenvalue weighted by Gasteiger charge is 2.60. The number of ether oxygens (including phenoxy) is 1. The van der Waals surface area contributed by atoms with E-state index >= 15 is 0 Å². The largest absolute Gasteiger partial charge is 0.443 e. The Labute approximate surface area is 93.9 Å². The molecule has 0 aromatic heterocycles. The summed E-state index contributed by atoms with van der Waals surface area (Å²) in [6.07, 6.45) is -14.7. The van der Waals surface area contributed by atoms with Crippen LogP contribution in [0.3, 0.4) is 0 Å².